The Hall–Kier alpha value is -11.5. The smallest absolute Gasteiger partial charge is 0.229 e. The first kappa shape index (κ1) is 93.5. The Morgan fingerprint density at radius 3 is 0.750 bits per heavy atom. The highest BCUT2D eigenvalue weighted by Gasteiger charge is 2.56. The van der Waals surface area contributed by atoms with Crippen LogP contribution >= 0.6 is 27.5 Å². The molecule has 0 unspecified atom stereocenters. The summed E-state index contributed by atoms with van der Waals surface area (Å²) < 4.78 is 14.3. The lowest BCUT2D eigenvalue weighted by molar-refractivity contribution is -0.116. The summed E-state index contributed by atoms with van der Waals surface area (Å²) in [4.78, 5) is 94.0. The molecular weight excluding hydrogens is 1870 g/mol. The SMILES string of the molecule is O=C(Cc1ccc(Br)cc1)Nc1nc2c(nc1CC13CC4CC(CC(C4)C1)C3)-c1ccccc1CC2.O=C(Cc1ccc(Cl)cc1)Nc1nc2c(nc1CC13CC4CC(CC(C4)C1)C3)-c1ccccc1CC2.O=C(Cc1ccc(F)cc1)Nc1nc2c(nc1CC13CC4CC(CC(C4)C1)C3)-c1ccccc1CC2.O=C(Cc1ccc(O)cc1)Nc1nc2c(nc1CC13CC4CC(CC(C4)C1)C3)-c1ccccc1CC2. The minimum Gasteiger partial charge on any atom is -0.508 e. The van der Waals surface area contributed by atoms with E-state index in [0.29, 0.717) is 62.8 Å². The van der Waals surface area contributed by atoms with E-state index in [1.807, 2.05) is 48.5 Å². The molecule has 8 aromatic carbocycles. The normalized spacial score (nSPS) is 27.4. The number of aromatic hydroxyl groups is 1. The minimum absolute atomic E-state index is 0.0189. The molecule has 17 nitrogen and oxygen atoms in total. The molecular formula is C124H129BrClFN12O5. The van der Waals surface area contributed by atoms with E-state index < -0.39 is 0 Å². The fourth-order valence-electron chi connectivity index (χ4n) is 32.7. The second-order valence-corrected chi connectivity index (χ2v) is 49.1. The highest BCUT2D eigenvalue weighted by atomic mass is 79.9. The van der Waals surface area contributed by atoms with Crippen molar-refractivity contribution in [2.75, 3.05) is 21.3 Å². The van der Waals surface area contributed by atoms with E-state index in [1.54, 1.807) is 36.4 Å². The van der Waals surface area contributed by atoms with Crippen LogP contribution in [-0.2, 0) is 122 Å². The number of halogens is 3. The van der Waals surface area contributed by atoms with Gasteiger partial charge in [-0.3, -0.25) is 19.2 Å². The first-order valence-electron chi connectivity index (χ1n) is 54.2. The molecule has 0 spiro atoms. The number of nitrogens with zero attached hydrogens (tertiary/aromatic N) is 8. The van der Waals surface area contributed by atoms with Gasteiger partial charge in [-0.1, -0.05) is 173 Å². The van der Waals surface area contributed by atoms with Crippen molar-refractivity contribution in [1.29, 1.82) is 0 Å². The second kappa shape index (κ2) is 38.7. The standard InChI is InChI=1S/C31H32BrN3O.C31H32ClN3O.C31H32FN3O.C31H33N3O2/c3*32-24-8-5-19(6-9-24)14-28(36)35-30-27(18-31-15-20-11-21(16-31)13-22(12-20)17-31)33-29-25-4-2-1-3-23(25)7-10-26(29)34-30;35-24-8-5-19(6-9-24)14-28(36)34-30-27(18-31-15-20-11-21(16-31)13-22(12-20)17-31)32-29-25-4-2-1-3-23(25)7-10-26(29)33-30/h3*1-6,8-9,20-22H,7,10-18H2,(H,34,35,36);1-6,8-9,20-22,35H,7,10-18H2,(H,33,34,36). The van der Waals surface area contributed by atoms with Gasteiger partial charge in [0.15, 0.2) is 23.3 Å². The van der Waals surface area contributed by atoms with Crippen molar-refractivity contribution >= 4 is 74.4 Å². The number of phenols is 1. The molecule has 0 aliphatic heterocycles. The molecule has 16 bridgehead atoms. The van der Waals surface area contributed by atoms with Crippen molar-refractivity contribution in [2.45, 2.75) is 257 Å². The monoisotopic (exact) mass is 2000 g/mol. The summed E-state index contributed by atoms with van der Waals surface area (Å²) in [7, 11) is 0. The van der Waals surface area contributed by atoms with E-state index in [-0.39, 0.29) is 48.0 Å². The van der Waals surface area contributed by atoms with Crippen LogP contribution in [0, 0.1) is 98.5 Å². The van der Waals surface area contributed by atoms with Crippen LogP contribution in [0.15, 0.2) is 199 Å². The molecule has 20 heteroatoms. The Balaban J connectivity index is 0.000000101. The number of fused-ring (bicyclic) bond motifs is 12. The van der Waals surface area contributed by atoms with Gasteiger partial charge in [-0.15, -0.1) is 0 Å². The molecule has 0 radical (unpaired) electrons. The molecule has 12 aromatic rings. The summed E-state index contributed by atoms with van der Waals surface area (Å²) in [5.74, 6) is 12.8. The van der Waals surface area contributed by atoms with E-state index in [1.165, 1.54) is 211 Å². The fraction of sp³-hybridized carbons (Fsp3) is 0.452. The highest BCUT2D eigenvalue weighted by molar-refractivity contribution is 9.10. The Morgan fingerprint density at radius 2 is 0.507 bits per heavy atom. The first-order valence-corrected chi connectivity index (χ1v) is 55.4. The summed E-state index contributed by atoms with van der Waals surface area (Å²) in [5, 5.41) is 22.9. The number of phenolic OH excluding ortho intramolecular Hbond substituents is 1. The molecule has 20 aliphatic rings. The van der Waals surface area contributed by atoms with Crippen LogP contribution in [0.25, 0.3) is 45.0 Å². The summed E-state index contributed by atoms with van der Waals surface area (Å²) in [6.45, 7) is 0. The van der Waals surface area contributed by atoms with Gasteiger partial charge in [0.1, 0.15) is 11.6 Å². The minimum atomic E-state index is -0.294. The van der Waals surface area contributed by atoms with Crippen LogP contribution in [0.1, 0.15) is 244 Å². The molecule has 20 aliphatic carbocycles. The van der Waals surface area contributed by atoms with Crippen molar-refractivity contribution in [3.05, 3.63) is 299 Å². The van der Waals surface area contributed by atoms with Gasteiger partial charge in [0.25, 0.3) is 0 Å². The van der Waals surface area contributed by atoms with Crippen LogP contribution in [0.2, 0.25) is 5.02 Å². The van der Waals surface area contributed by atoms with Crippen molar-refractivity contribution < 1.29 is 28.7 Å². The first-order chi connectivity index (χ1) is 70.1. The van der Waals surface area contributed by atoms with Crippen LogP contribution < -0.4 is 21.3 Å². The number of aryl methyl sites for hydroxylation is 8. The lowest BCUT2D eigenvalue weighted by Crippen LogP contribution is -2.47. The third kappa shape index (κ3) is 19.8. The maximum Gasteiger partial charge on any atom is 0.229 e. The summed E-state index contributed by atoms with van der Waals surface area (Å²) in [6, 6.07) is 62.7. The quantitative estimate of drug-likeness (QED) is 0.0478. The Bertz CT molecular complexity index is 6020. The van der Waals surface area contributed by atoms with Crippen LogP contribution in [0.4, 0.5) is 27.7 Å². The number of amides is 4. The molecule has 4 aromatic heterocycles. The van der Waals surface area contributed by atoms with Gasteiger partial charge in [0, 0.05) is 31.7 Å². The van der Waals surface area contributed by atoms with Crippen LogP contribution in [0.5, 0.6) is 5.75 Å². The van der Waals surface area contributed by atoms with E-state index in [9.17, 15) is 28.7 Å². The van der Waals surface area contributed by atoms with Crippen LogP contribution in [-0.4, -0.2) is 68.6 Å². The topological polar surface area (TPSA) is 240 Å². The average Bonchev–Trinajstić information content (AvgIpc) is 0.744. The van der Waals surface area contributed by atoms with Gasteiger partial charge >= 0.3 is 0 Å². The molecule has 0 atom stereocenters. The van der Waals surface area contributed by atoms with E-state index in [2.05, 4.69) is 134 Å². The molecule has 0 saturated heterocycles. The molecule has 736 valence electrons. The van der Waals surface area contributed by atoms with E-state index >= 15 is 0 Å². The molecule has 16 fully saturated rings. The summed E-state index contributed by atoms with van der Waals surface area (Å²) >= 11 is 9.51. The zero-order valence-electron chi connectivity index (χ0n) is 82.5. The maximum absolute atomic E-state index is 13.3. The van der Waals surface area contributed by atoms with Crippen molar-refractivity contribution in [3.8, 4) is 50.8 Å². The number of benzene rings is 8. The third-order valence-corrected chi connectivity index (χ3v) is 37.6. The molecule has 4 heterocycles. The van der Waals surface area contributed by atoms with Crippen LogP contribution in [0.3, 0.4) is 0 Å². The van der Waals surface area contributed by atoms with Gasteiger partial charge in [0.05, 0.1) is 94.0 Å². The number of nitrogens with one attached hydrogen (secondary N) is 4. The maximum atomic E-state index is 13.3. The zero-order valence-corrected chi connectivity index (χ0v) is 84.8. The largest absolute Gasteiger partial charge is 0.508 e. The molecule has 144 heavy (non-hydrogen) atoms. The van der Waals surface area contributed by atoms with Gasteiger partial charge < -0.3 is 26.4 Å². The van der Waals surface area contributed by atoms with Crippen molar-refractivity contribution in [1.82, 2.24) is 39.9 Å². The Kier molecular flexibility index (Phi) is 25.1. The number of rotatable bonds is 20. The number of carbonyl (C=O) groups excluding carboxylic acids is 4. The Labute approximate surface area is 858 Å². The molecule has 5 N–H and O–H groups in total. The fourth-order valence-corrected chi connectivity index (χ4v) is 33.1. The lowest BCUT2D eigenvalue weighted by Gasteiger charge is -2.57. The molecule has 4 amide bonds. The molecule has 16 saturated carbocycles. The number of anilines is 4. The predicted octanol–water partition coefficient (Wildman–Crippen LogP) is 26.0. The number of hydrogen-bond acceptors (Lipinski definition) is 13. The van der Waals surface area contributed by atoms with Gasteiger partial charge in [-0.25, -0.2) is 44.3 Å². The van der Waals surface area contributed by atoms with Gasteiger partial charge in [-0.05, 0) is 417 Å². The summed E-state index contributed by atoms with van der Waals surface area (Å²) in [6.07, 6.45) is 44.7. The number of hydrogen-bond donors (Lipinski definition) is 5. The number of carbonyl (C=O) groups is 4. The summed E-state index contributed by atoms with van der Waals surface area (Å²) in [5.41, 5.74) is 26.9. The molecule has 32 rings (SSSR count). The van der Waals surface area contributed by atoms with Crippen molar-refractivity contribution in [2.24, 2.45) is 92.7 Å². The predicted molar refractivity (Wildman–Crippen MR) is 566 cm³/mol. The van der Waals surface area contributed by atoms with Gasteiger partial charge in [0.2, 0.25) is 23.6 Å². The number of aromatic nitrogens is 8. The lowest BCUT2D eigenvalue weighted by atomic mass is 9.48. The highest BCUT2D eigenvalue weighted by Crippen LogP contribution is 2.66. The van der Waals surface area contributed by atoms with E-state index in [4.69, 9.17) is 51.5 Å². The van der Waals surface area contributed by atoms with E-state index in [0.717, 1.165) is 243 Å². The second-order valence-electron chi connectivity index (χ2n) is 47.7. The van der Waals surface area contributed by atoms with Crippen molar-refractivity contribution in [3.63, 3.8) is 0 Å². The third-order valence-electron chi connectivity index (χ3n) is 36.8. The zero-order chi connectivity index (χ0) is 97.1. The average molecular weight is 2000 g/mol. The van der Waals surface area contributed by atoms with Gasteiger partial charge in [-0.2, -0.15) is 0 Å². The Morgan fingerprint density at radius 1 is 0.292 bits per heavy atom.